The fourth-order valence-electron chi connectivity index (χ4n) is 2.77. The zero-order valence-corrected chi connectivity index (χ0v) is 15.6. The van der Waals surface area contributed by atoms with Crippen LogP contribution in [0.3, 0.4) is 0 Å². The Morgan fingerprint density at radius 3 is 2.48 bits per heavy atom. The van der Waals surface area contributed by atoms with Crippen LogP contribution in [0.4, 0.5) is 0 Å². The van der Waals surface area contributed by atoms with Crippen LogP contribution in [0.1, 0.15) is 18.4 Å². The fourth-order valence-corrected chi connectivity index (χ4v) is 2.77. The minimum Gasteiger partial charge on any atom is -0.508 e. The highest BCUT2D eigenvalue weighted by Crippen LogP contribution is 2.22. The van der Waals surface area contributed by atoms with E-state index in [1.807, 2.05) is 0 Å². The molecule has 0 saturated carbocycles. The molecule has 1 atom stereocenters. The van der Waals surface area contributed by atoms with Gasteiger partial charge in [-0.05, 0) is 12.5 Å². The number of nitrogens with one attached hydrogen (secondary N) is 2. The predicted molar refractivity (Wildman–Crippen MR) is 101 cm³/mol. The second-order valence-electron chi connectivity index (χ2n) is 6.19. The molecule has 2 rings (SSSR count). The van der Waals surface area contributed by atoms with Crippen LogP contribution in [0.2, 0.25) is 0 Å². The molecular formula is C17H25ClN4O5. The number of primary amides is 1. The molecule has 1 aliphatic heterocycles. The van der Waals surface area contributed by atoms with Crippen molar-refractivity contribution < 1.29 is 24.6 Å². The van der Waals surface area contributed by atoms with Gasteiger partial charge in [-0.25, -0.2) is 0 Å². The molecule has 0 unspecified atom stereocenters. The molecule has 150 valence electrons. The van der Waals surface area contributed by atoms with Crippen molar-refractivity contribution in [3.63, 3.8) is 0 Å². The lowest BCUT2D eigenvalue weighted by atomic mass is 10.1. The van der Waals surface area contributed by atoms with Gasteiger partial charge in [0.05, 0.1) is 6.42 Å². The minimum atomic E-state index is -0.854. The van der Waals surface area contributed by atoms with Crippen molar-refractivity contribution in [1.29, 1.82) is 0 Å². The molecule has 0 aliphatic carbocycles. The van der Waals surface area contributed by atoms with E-state index in [1.165, 1.54) is 12.1 Å². The van der Waals surface area contributed by atoms with Gasteiger partial charge in [0, 0.05) is 44.2 Å². The standard InChI is InChI=1S/C17H24N4O5.ClH/c18-15(24)4-3-13(17(26)21-7-5-19-6-8-21)20-16(25)9-11-1-2-12(22)10-14(11)23;/h1-2,10,13,19,22-23H,3-9H2,(H2,18,24)(H,20,25);1H/t13-;/m0./s1. The number of phenolic OH excluding ortho intramolecular Hbond substituents is 2. The van der Waals surface area contributed by atoms with Gasteiger partial charge in [-0.3, -0.25) is 14.4 Å². The number of piperazine rings is 1. The molecule has 10 heteroatoms. The second kappa shape index (κ2) is 10.6. The first kappa shape index (κ1) is 22.5. The molecule has 0 spiro atoms. The number of halogens is 1. The fraction of sp³-hybridized carbons (Fsp3) is 0.471. The summed E-state index contributed by atoms with van der Waals surface area (Å²) in [6, 6.07) is 3.07. The molecule has 1 aromatic rings. The number of nitrogens with zero attached hydrogens (tertiary/aromatic N) is 1. The van der Waals surface area contributed by atoms with Gasteiger partial charge in [0.1, 0.15) is 17.5 Å². The van der Waals surface area contributed by atoms with Crippen LogP contribution in [-0.4, -0.2) is 65.1 Å². The molecular weight excluding hydrogens is 376 g/mol. The van der Waals surface area contributed by atoms with Crippen molar-refractivity contribution in [2.24, 2.45) is 5.73 Å². The predicted octanol–water partition coefficient (Wildman–Crippen LogP) is -0.756. The van der Waals surface area contributed by atoms with Crippen LogP contribution >= 0.6 is 12.4 Å². The van der Waals surface area contributed by atoms with Crippen LogP contribution in [0, 0.1) is 0 Å². The van der Waals surface area contributed by atoms with E-state index in [0.717, 1.165) is 6.07 Å². The lowest BCUT2D eigenvalue weighted by Crippen LogP contribution is -2.54. The van der Waals surface area contributed by atoms with E-state index >= 15 is 0 Å². The summed E-state index contributed by atoms with van der Waals surface area (Å²) < 4.78 is 0. The van der Waals surface area contributed by atoms with E-state index in [4.69, 9.17) is 5.73 Å². The van der Waals surface area contributed by atoms with E-state index in [-0.39, 0.29) is 49.1 Å². The van der Waals surface area contributed by atoms with Crippen LogP contribution in [0.15, 0.2) is 18.2 Å². The summed E-state index contributed by atoms with van der Waals surface area (Å²) in [4.78, 5) is 37.7. The molecule has 1 aromatic carbocycles. The molecule has 0 radical (unpaired) electrons. The van der Waals surface area contributed by atoms with Gasteiger partial charge in [0.15, 0.2) is 0 Å². The van der Waals surface area contributed by atoms with Crippen molar-refractivity contribution in [2.75, 3.05) is 26.2 Å². The van der Waals surface area contributed by atoms with Gasteiger partial charge in [-0.2, -0.15) is 0 Å². The lowest BCUT2D eigenvalue weighted by Gasteiger charge is -2.31. The van der Waals surface area contributed by atoms with Crippen LogP contribution < -0.4 is 16.4 Å². The smallest absolute Gasteiger partial charge is 0.245 e. The Labute approximate surface area is 163 Å². The molecule has 1 fully saturated rings. The van der Waals surface area contributed by atoms with Crippen molar-refractivity contribution >= 4 is 30.1 Å². The average Bonchev–Trinajstić information content (AvgIpc) is 2.61. The third-order valence-electron chi connectivity index (χ3n) is 4.16. The number of hydrogen-bond donors (Lipinski definition) is 5. The highest BCUT2D eigenvalue weighted by atomic mass is 35.5. The molecule has 0 aromatic heterocycles. The van der Waals surface area contributed by atoms with Crippen molar-refractivity contribution in [3.05, 3.63) is 23.8 Å². The number of phenols is 2. The summed E-state index contributed by atoms with van der Waals surface area (Å²) >= 11 is 0. The summed E-state index contributed by atoms with van der Waals surface area (Å²) in [5.41, 5.74) is 5.49. The third-order valence-corrected chi connectivity index (χ3v) is 4.16. The molecule has 27 heavy (non-hydrogen) atoms. The first-order valence-electron chi connectivity index (χ1n) is 8.45. The number of aromatic hydroxyl groups is 2. The third kappa shape index (κ3) is 6.95. The highest BCUT2D eigenvalue weighted by molar-refractivity contribution is 5.89. The first-order valence-corrected chi connectivity index (χ1v) is 8.45. The van der Waals surface area contributed by atoms with Gasteiger partial charge < -0.3 is 31.5 Å². The van der Waals surface area contributed by atoms with Crippen LogP contribution in [-0.2, 0) is 20.8 Å². The summed E-state index contributed by atoms with van der Waals surface area (Å²) in [6.45, 7) is 2.40. The van der Waals surface area contributed by atoms with E-state index in [0.29, 0.717) is 31.7 Å². The summed E-state index contributed by atoms with van der Waals surface area (Å²) in [6.07, 6.45) is -0.0628. The summed E-state index contributed by atoms with van der Waals surface area (Å²) in [5.74, 6) is -1.59. The number of hydrogen-bond acceptors (Lipinski definition) is 6. The monoisotopic (exact) mass is 400 g/mol. The van der Waals surface area contributed by atoms with Gasteiger partial charge >= 0.3 is 0 Å². The van der Waals surface area contributed by atoms with Gasteiger partial charge in [-0.1, -0.05) is 6.07 Å². The number of amides is 3. The van der Waals surface area contributed by atoms with Crippen molar-refractivity contribution in [2.45, 2.75) is 25.3 Å². The Bertz CT molecular complexity index is 679. The zero-order chi connectivity index (χ0) is 19.1. The molecule has 1 heterocycles. The number of carbonyl (C=O) groups excluding carboxylic acids is 3. The maximum Gasteiger partial charge on any atom is 0.245 e. The first-order chi connectivity index (χ1) is 12.4. The number of rotatable bonds is 7. The van der Waals surface area contributed by atoms with Crippen LogP contribution in [0.5, 0.6) is 11.5 Å². The Morgan fingerprint density at radius 2 is 1.89 bits per heavy atom. The highest BCUT2D eigenvalue weighted by Gasteiger charge is 2.27. The van der Waals surface area contributed by atoms with Gasteiger partial charge in [0.25, 0.3) is 0 Å². The van der Waals surface area contributed by atoms with E-state index in [2.05, 4.69) is 10.6 Å². The molecule has 0 bridgehead atoms. The Morgan fingerprint density at radius 1 is 1.22 bits per heavy atom. The van der Waals surface area contributed by atoms with E-state index in [1.54, 1.807) is 4.90 Å². The molecule has 1 aliphatic rings. The Balaban J connectivity index is 0.00000364. The largest absolute Gasteiger partial charge is 0.508 e. The normalized spacial score (nSPS) is 14.7. The van der Waals surface area contributed by atoms with Gasteiger partial charge in [-0.15, -0.1) is 12.4 Å². The van der Waals surface area contributed by atoms with Crippen LogP contribution in [0.25, 0.3) is 0 Å². The van der Waals surface area contributed by atoms with E-state index < -0.39 is 17.9 Å². The average molecular weight is 401 g/mol. The lowest BCUT2D eigenvalue weighted by molar-refractivity contribution is -0.137. The van der Waals surface area contributed by atoms with Crippen molar-refractivity contribution in [3.8, 4) is 11.5 Å². The van der Waals surface area contributed by atoms with Gasteiger partial charge in [0.2, 0.25) is 17.7 Å². The SMILES string of the molecule is Cl.NC(=O)CC[C@H](NC(=O)Cc1ccc(O)cc1O)C(=O)N1CCNCC1. The molecule has 3 amide bonds. The quantitative estimate of drug-likeness (QED) is 0.407. The topological polar surface area (TPSA) is 145 Å². The Hall–Kier alpha value is -2.52. The number of nitrogens with two attached hydrogens (primary N) is 1. The maximum absolute atomic E-state index is 12.7. The van der Waals surface area contributed by atoms with Crippen molar-refractivity contribution in [1.82, 2.24) is 15.5 Å². The number of carbonyl (C=O) groups is 3. The second-order valence-corrected chi connectivity index (χ2v) is 6.19. The molecule has 1 saturated heterocycles. The summed E-state index contributed by atoms with van der Waals surface area (Å²) in [7, 11) is 0. The minimum absolute atomic E-state index is 0. The molecule has 9 nitrogen and oxygen atoms in total. The number of benzene rings is 1. The Kier molecular flexibility index (Phi) is 8.83. The summed E-state index contributed by atoms with van der Waals surface area (Å²) in [5, 5.41) is 24.8. The van der Waals surface area contributed by atoms with E-state index in [9.17, 15) is 24.6 Å². The maximum atomic E-state index is 12.7. The zero-order valence-electron chi connectivity index (χ0n) is 14.8. The molecule has 6 N–H and O–H groups in total.